The average Bonchev–Trinajstić information content (AvgIpc) is 3.47. The van der Waals surface area contributed by atoms with Crippen LogP contribution < -0.4 is 4.90 Å². The van der Waals surface area contributed by atoms with E-state index in [0.717, 1.165) is 24.5 Å². The Balaban J connectivity index is 1.41. The van der Waals surface area contributed by atoms with E-state index in [1.54, 1.807) is 29.7 Å². The van der Waals surface area contributed by atoms with E-state index in [1.165, 1.54) is 32.5 Å². The summed E-state index contributed by atoms with van der Waals surface area (Å²) in [5, 5.41) is 2.33. The van der Waals surface area contributed by atoms with Crippen LogP contribution in [0.4, 0.5) is 5.00 Å². The zero-order chi connectivity index (χ0) is 20.0. The van der Waals surface area contributed by atoms with Crippen LogP contribution in [0, 0.1) is 13.8 Å². The molecule has 1 aromatic carbocycles. The lowest BCUT2D eigenvalue weighted by Gasteiger charge is -2.35. The summed E-state index contributed by atoms with van der Waals surface area (Å²) in [5.74, 6) is 0.312. The zero-order valence-corrected chi connectivity index (χ0v) is 17.4. The number of H-pyrrole nitrogens is 1. The lowest BCUT2D eigenvalue weighted by molar-refractivity contribution is 0.0933. The average molecular weight is 406 g/mol. The number of carbonyl (C=O) groups is 1. The second-order valence-electron chi connectivity index (χ2n) is 7.58. The number of furan rings is 1. The molecule has 1 aliphatic rings. The SMILES string of the molecule is Cc1sc2c(c1C)CN(CCc1c[nH]c3ccccc13)CN2C(=O)c1ccco1. The van der Waals surface area contributed by atoms with Gasteiger partial charge in [-0.05, 0) is 49.6 Å². The van der Waals surface area contributed by atoms with Crippen LogP contribution in [0.5, 0.6) is 0 Å². The maximum Gasteiger partial charge on any atom is 0.295 e. The van der Waals surface area contributed by atoms with Crippen LogP contribution in [-0.4, -0.2) is 29.0 Å². The molecule has 4 heterocycles. The Labute approximate surface area is 173 Å². The number of aromatic amines is 1. The van der Waals surface area contributed by atoms with Crippen LogP contribution in [0.2, 0.25) is 0 Å². The molecular weight excluding hydrogens is 382 g/mol. The number of rotatable bonds is 4. The summed E-state index contributed by atoms with van der Waals surface area (Å²) >= 11 is 1.70. The Morgan fingerprint density at radius 1 is 1.21 bits per heavy atom. The van der Waals surface area contributed by atoms with Crippen molar-refractivity contribution >= 4 is 33.1 Å². The van der Waals surface area contributed by atoms with E-state index in [2.05, 4.69) is 54.2 Å². The minimum absolute atomic E-state index is 0.0747. The van der Waals surface area contributed by atoms with Gasteiger partial charge in [0.25, 0.3) is 5.91 Å². The molecule has 29 heavy (non-hydrogen) atoms. The number of nitrogens with zero attached hydrogens (tertiary/aromatic N) is 2. The normalized spacial score (nSPS) is 14.5. The molecule has 0 unspecified atom stereocenters. The van der Waals surface area contributed by atoms with Gasteiger partial charge in [0.1, 0.15) is 5.00 Å². The van der Waals surface area contributed by atoms with Gasteiger partial charge in [0.15, 0.2) is 5.76 Å². The smallest absolute Gasteiger partial charge is 0.295 e. The highest BCUT2D eigenvalue weighted by molar-refractivity contribution is 7.16. The van der Waals surface area contributed by atoms with Gasteiger partial charge in [0, 0.05) is 40.6 Å². The number of hydrogen-bond donors (Lipinski definition) is 1. The molecule has 1 aliphatic heterocycles. The van der Waals surface area contributed by atoms with Crippen LogP contribution in [0.15, 0.2) is 53.3 Å². The molecule has 4 aromatic rings. The summed E-state index contributed by atoms with van der Waals surface area (Å²) in [6.45, 7) is 6.62. The van der Waals surface area contributed by atoms with Crippen molar-refractivity contribution in [2.45, 2.75) is 26.8 Å². The first-order valence-corrected chi connectivity index (χ1v) is 10.6. The Morgan fingerprint density at radius 2 is 2.07 bits per heavy atom. The number of aromatic nitrogens is 1. The van der Waals surface area contributed by atoms with E-state index in [9.17, 15) is 4.79 Å². The van der Waals surface area contributed by atoms with Gasteiger partial charge in [-0.3, -0.25) is 14.6 Å². The molecule has 0 spiro atoms. The van der Waals surface area contributed by atoms with E-state index < -0.39 is 0 Å². The van der Waals surface area contributed by atoms with Gasteiger partial charge in [-0.1, -0.05) is 18.2 Å². The number of anilines is 1. The van der Waals surface area contributed by atoms with Crippen molar-refractivity contribution in [1.29, 1.82) is 0 Å². The quantitative estimate of drug-likeness (QED) is 0.514. The van der Waals surface area contributed by atoms with Crippen LogP contribution in [0.3, 0.4) is 0 Å². The second-order valence-corrected chi connectivity index (χ2v) is 8.78. The van der Waals surface area contributed by atoms with Crippen molar-refractivity contribution < 1.29 is 9.21 Å². The molecule has 0 bridgehead atoms. The summed E-state index contributed by atoms with van der Waals surface area (Å²) in [6, 6.07) is 11.9. The summed E-state index contributed by atoms with van der Waals surface area (Å²) in [6.07, 6.45) is 4.59. The minimum atomic E-state index is -0.0747. The maximum atomic E-state index is 13.1. The number of aryl methyl sites for hydroxylation is 1. The Hall–Kier alpha value is -2.83. The summed E-state index contributed by atoms with van der Waals surface area (Å²) in [4.78, 5) is 22.0. The first-order chi connectivity index (χ1) is 14.1. The fourth-order valence-corrected chi connectivity index (χ4v) is 5.21. The second kappa shape index (κ2) is 7.21. The predicted octanol–water partition coefficient (Wildman–Crippen LogP) is 5.10. The van der Waals surface area contributed by atoms with Gasteiger partial charge in [-0.15, -0.1) is 11.3 Å². The molecule has 1 amide bonds. The lowest BCUT2D eigenvalue weighted by Crippen LogP contribution is -2.45. The molecule has 0 fully saturated rings. The van der Waals surface area contributed by atoms with Crippen LogP contribution in [-0.2, 0) is 13.0 Å². The predicted molar refractivity (Wildman–Crippen MR) is 117 cm³/mol. The summed E-state index contributed by atoms with van der Waals surface area (Å²) in [5.41, 5.74) is 5.03. The maximum absolute atomic E-state index is 13.1. The number of thiophene rings is 1. The molecule has 5 nitrogen and oxygen atoms in total. The highest BCUT2D eigenvalue weighted by atomic mass is 32.1. The molecule has 0 saturated heterocycles. The van der Waals surface area contributed by atoms with Crippen LogP contribution in [0.25, 0.3) is 10.9 Å². The van der Waals surface area contributed by atoms with E-state index in [4.69, 9.17) is 4.42 Å². The van der Waals surface area contributed by atoms with Gasteiger partial charge in [-0.2, -0.15) is 0 Å². The van der Waals surface area contributed by atoms with Crippen LogP contribution >= 0.6 is 11.3 Å². The minimum Gasteiger partial charge on any atom is -0.459 e. The number of fused-ring (bicyclic) bond motifs is 2. The number of nitrogens with one attached hydrogen (secondary N) is 1. The third-order valence-electron chi connectivity index (χ3n) is 5.81. The van der Waals surface area contributed by atoms with Crippen molar-refractivity contribution in [1.82, 2.24) is 9.88 Å². The van der Waals surface area contributed by atoms with Gasteiger partial charge in [0.2, 0.25) is 0 Å². The molecule has 148 valence electrons. The molecule has 0 aliphatic carbocycles. The van der Waals surface area contributed by atoms with Gasteiger partial charge >= 0.3 is 0 Å². The molecule has 0 radical (unpaired) electrons. The first-order valence-electron chi connectivity index (χ1n) is 9.83. The van der Waals surface area contributed by atoms with Gasteiger partial charge in [-0.25, -0.2) is 0 Å². The molecule has 3 aromatic heterocycles. The molecule has 6 heteroatoms. The summed E-state index contributed by atoms with van der Waals surface area (Å²) < 4.78 is 5.39. The molecule has 1 N–H and O–H groups in total. The third kappa shape index (κ3) is 3.18. The number of carbonyl (C=O) groups excluding carboxylic acids is 1. The monoisotopic (exact) mass is 405 g/mol. The Kier molecular flexibility index (Phi) is 4.53. The number of hydrogen-bond acceptors (Lipinski definition) is 4. The van der Waals surface area contributed by atoms with E-state index in [0.29, 0.717) is 12.4 Å². The molecule has 5 rings (SSSR count). The van der Waals surface area contributed by atoms with Crippen molar-refractivity contribution in [3.63, 3.8) is 0 Å². The van der Waals surface area contributed by atoms with Gasteiger partial charge < -0.3 is 9.40 Å². The topological polar surface area (TPSA) is 52.5 Å². The van der Waals surface area contributed by atoms with E-state index in [1.807, 2.05) is 4.90 Å². The molecule has 0 saturated carbocycles. The number of para-hydroxylation sites is 1. The largest absolute Gasteiger partial charge is 0.459 e. The van der Waals surface area contributed by atoms with E-state index >= 15 is 0 Å². The number of amides is 1. The van der Waals surface area contributed by atoms with Gasteiger partial charge in [0.05, 0.1) is 12.9 Å². The first kappa shape index (κ1) is 18.2. The Bertz CT molecular complexity index is 1170. The standard InChI is InChI=1S/C23H23N3O2S/c1-15-16(2)29-23-19(15)13-25(14-26(23)22(27)21-8-5-11-28-21)10-9-17-12-24-20-7-4-3-6-18(17)20/h3-8,11-12,24H,9-10,13-14H2,1-2H3. The molecule has 0 atom stereocenters. The fraction of sp³-hybridized carbons (Fsp3) is 0.261. The Morgan fingerprint density at radius 3 is 2.90 bits per heavy atom. The van der Waals surface area contributed by atoms with E-state index in [-0.39, 0.29) is 5.91 Å². The van der Waals surface area contributed by atoms with Crippen LogP contribution in [0.1, 0.15) is 32.1 Å². The van der Waals surface area contributed by atoms with Crippen molar-refractivity contribution in [2.75, 3.05) is 18.1 Å². The fourth-order valence-electron chi connectivity index (χ4n) is 4.05. The lowest BCUT2D eigenvalue weighted by atomic mass is 10.1. The van der Waals surface area contributed by atoms with Crippen molar-refractivity contribution in [2.24, 2.45) is 0 Å². The summed E-state index contributed by atoms with van der Waals surface area (Å²) in [7, 11) is 0. The van der Waals surface area contributed by atoms with Crippen molar-refractivity contribution in [3.05, 3.63) is 76.2 Å². The molecular formula is C23H23N3O2S. The highest BCUT2D eigenvalue weighted by Gasteiger charge is 2.32. The highest BCUT2D eigenvalue weighted by Crippen LogP contribution is 2.39. The number of benzene rings is 1. The van der Waals surface area contributed by atoms with Crippen molar-refractivity contribution in [3.8, 4) is 0 Å². The zero-order valence-electron chi connectivity index (χ0n) is 16.6. The third-order valence-corrected chi connectivity index (χ3v) is 7.08.